The maximum Gasteiger partial charge on any atom is 0.310 e. The predicted molar refractivity (Wildman–Crippen MR) is 108 cm³/mol. The lowest BCUT2D eigenvalue weighted by molar-refractivity contribution is -0.140. The number of fused-ring (bicyclic) bond motifs is 1. The van der Waals surface area contributed by atoms with Gasteiger partial charge in [0.25, 0.3) is 5.91 Å². The van der Waals surface area contributed by atoms with Gasteiger partial charge in [0.15, 0.2) is 0 Å². The van der Waals surface area contributed by atoms with E-state index in [2.05, 4.69) is 26.6 Å². The van der Waals surface area contributed by atoms with Crippen LogP contribution < -0.4 is 20.3 Å². The molecular formula is C20H20BrN3O4. The third-order valence-corrected chi connectivity index (χ3v) is 4.86. The number of carbonyl (C=O) groups excluding carboxylic acids is 3. The van der Waals surface area contributed by atoms with Gasteiger partial charge in [-0.05, 0) is 30.2 Å². The number of likely N-dealkylation sites (N-methyl/N-ethyl adjacent to an activating group) is 1. The quantitative estimate of drug-likeness (QED) is 0.700. The first-order valence-electron chi connectivity index (χ1n) is 8.78. The number of hydrogen-bond acceptors (Lipinski definition) is 4. The van der Waals surface area contributed by atoms with Crippen LogP contribution in [0.4, 0.5) is 5.69 Å². The molecule has 0 fully saturated rings. The highest BCUT2D eigenvalue weighted by Gasteiger charge is 2.32. The van der Waals surface area contributed by atoms with E-state index in [1.54, 1.807) is 25.2 Å². The lowest BCUT2D eigenvalue weighted by atomic mass is 10.1. The van der Waals surface area contributed by atoms with Crippen LogP contribution in [0.15, 0.2) is 53.0 Å². The van der Waals surface area contributed by atoms with Gasteiger partial charge in [-0.3, -0.25) is 14.4 Å². The van der Waals surface area contributed by atoms with Crippen LogP contribution >= 0.6 is 15.9 Å². The summed E-state index contributed by atoms with van der Waals surface area (Å²) in [7, 11) is 1.60. The molecule has 0 saturated heterocycles. The maximum absolute atomic E-state index is 12.7. The highest BCUT2D eigenvalue weighted by molar-refractivity contribution is 9.10. The van der Waals surface area contributed by atoms with Crippen molar-refractivity contribution in [3.8, 4) is 5.75 Å². The van der Waals surface area contributed by atoms with Gasteiger partial charge >= 0.3 is 11.8 Å². The van der Waals surface area contributed by atoms with Crippen molar-refractivity contribution in [1.82, 2.24) is 10.6 Å². The average Bonchev–Trinajstić information content (AvgIpc) is 2.81. The molecule has 0 saturated carbocycles. The Morgan fingerprint density at radius 1 is 1.18 bits per heavy atom. The molecule has 1 aliphatic rings. The third kappa shape index (κ3) is 4.69. The Kier molecular flexibility index (Phi) is 6.30. The molecular weight excluding hydrogens is 426 g/mol. The van der Waals surface area contributed by atoms with Crippen molar-refractivity contribution in [2.45, 2.75) is 12.5 Å². The van der Waals surface area contributed by atoms with E-state index in [1.165, 1.54) is 4.90 Å². The molecule has 0 aliphatic carbocycles. The number of hydrogen-bond donors (Lipinski definition) is 2. The molecule has 7 nitrogen and oxygen atoms in total. The molecule has 28 heavy (non-hydrogen) atoms. The fourth-order valence-electron chi connectivity index (χ4n) is 2.84. The van der Waals surface area contributed by atoms with Gasteiger partial charge in [0.05, 0.1) is 5.69 Å². The van der Waals surface area contributed by atoms with E-state index in [1.807, 2.05) is 30.3 Å². The minimum absolute atomic E-state index is 0.0547. The molecule has 2 aromatic carbocycles. The van der Waals surface area contributed by atoms with Crippen LogP contribution in [0.3, 0.4) is 0 Å². The number of anilines is 1. The maximum atomic E-state index is 12.7. The molecule has 0 radical (unpaired) electrons. The van der Waals surface area contributed by atoms with Crippen molar-refractivity contribution in [2.24, 2.45) is 0 Å². The van der Waals surface area contributed by atoms with E-state index < -0.39 is 17.9 Å². The molecule has 146 valence electrons. The first-order valence-corrected chi connectivity index (χ1v) is 9.57. The second kappa shape index (κ2) is 8.88. The Balaban J connectivity index is 1.56. The summed E-state index contributed by atoms with van der Waals surface area (Å²) in [4.78, 5) is 38.3. The summed E-state index contributed by atoms with van der Waals surface area (Å²) in [5.74, 6) is -1.48. The van der Waals surface area contributed by atoms with Crippen molar-refractivity contribution >= 4 is 39.3 Å². The van der Waals surface area contributed by atoms with Gasteiger partial charge in [-0.2, -0.15) is 0 Å². The Hall–Kier alpha value is -2.87. The first-order chi connectivity index (χ1) is 13.5. The molecule has 0 unspecified atom stereocenters. The Morgan fingerprint density at radius 2 is 1.93 bits per heavy atom. The van der Waals surface area contributed by atoms with Gasteiger partial charge in [0.2, 0.25) is 0 Å². The molecule has 3 amide bonds. The van der Waals surface area contributed by atoms with Gasteiger partial charge in [-0.15, -0.1) is 0 Å². The average molecular weight is 446 g/mol. The van der Waals surface area contributed by atoms with E-state index in [0.29, 0.717) is 24.4 Å². The van der Waals surface area contributed by atoms with Crippen molar-refractivity contribution in [1.29, 1.82) is 0 Å². The molecule has 0 bridgehead atoms. The van der Waals surface area contributed by atoms with Crippen LogP contribution in [0.25, 0.3) is 0 Å². The zero-order valence-corrected chi connectivity index (χ0v) is 16.9. The summed E-state index contributed by atoms with van der Waals surface area (Å²) in [6.07, 6.45) is 0.609. The minimum atomic E-state index is -0.955. The van der Waals surface area contributed by atoms with Crippen LogP contribution in [0, 0.1) is 0 Å². The monoisotopic (exact) mass is 445 g/mol. The van der Waals surface area contributed by atoms with E-state index in [-0.39, 0.29) is 12.5 Å². The van der Waals surface area contributed by atoms with Gasteiger partial charge in [0, 0.05) is 18.1 Å². The fraction of sp³-hybridized carbons (Fsp3) is 0.250. The Morgan fingerprint density at radius 3 is 2.68 bits per heavy atom. The second-order valence-corrected chi connectivity index (χ2v) is 7.25. The summed E-state index contributed by atoms with van der Waals surface area (Å²) >= 11 is 3.36. The summed E-state index contributed by atoms with van der Waals surface area (Å²) in [6.45, 7) is 0.269. The summed E-state index contributed by atoms with van der Waals surface area (Å²) < 4.78 is 6.45. The molecule has 0 aromatic heterocycles. The zero-order valence-electron chi connectivity index (χ0n) is 15.3. The van der Waals surface area contributed by atoms with E-state index >= 15 is 0 Å². The molecule has 8 heteroatoms. The number of nitrogens with zero attached hydrogens (tertiary/aromatic N) is 1. The van der Waals surface area contributed by atoms with Crippen LogP contribution in [0.5, 0.6) is 5.75 Å². The number of halogens is 1. The number of nitrogens with one attached hydrogen (secondary N) is 2. The SMILES string of the molecule is CN1C(=O)[C@H](NC(=O)C(=O)NCCc2ccccc2)COc2ccc(Br)cc21. The topological polar surface area (TPSA) is 87.7 Å². The second-order valence-electron chi connectivity index (χ2n) is 6.34. The lowest BCUT2D eigenvalue weighted by Crippen LogP contribution is -2.53. The first kappa shape index (κ1) is 19.9. The molecule has 1 atom stereocenters. The van der Waals surface area contributed by atoms with Gasteiger partial charge < -0.3 is 20.3 Å². The lowest BCUT2D eigenvalue weighted by Gasteiger charge is -2.20. The van der Waals surface area contributed by atoms with Crippen LogP contribution in [0.2, 0.25) is 0 Å². The molecule has 1 aliphatic heterocycles. The van der Waals surface area contributed by atoms with Crippen molar-refractivity contribution in [3.05, 3.63) is 58.6 Å². The Bertz CT molecular complexity index is 888. The number of ether oxygens (including phenoxy) is 1. The van der Waals surface area contributed by atoms with Crippen LogP contribution in [-0.2, 0) is 20.8 Å². The molecule has 1 heterocycles. The van der Waals surface area contributed by atoms with E-state index in [9.17, 15) is 14.4 Å². The summed E-state index contributed by atoms with van der Waals surface area (Å²) in [6, 6.07) is 14.0. The molecule has 0 spiro atoms. The number of carbonyl (C=O) groups is 3. The number of benzene rings is 2. The van der Waals surface area contributed by atoms with E-state index in [4.69, 9.17) is 4.74 Å². The van der Waals surface area contributed by atoms with Crippen LogP contribution in [-0.4, -0.2) is 44.0 Å². The predicted octanol–water partition coefficient (Wildman–Crippen LogP) is 1.65. The summed E-state index contributed by atoms with van der Waals surface area (Å²) in [5, 5.41) is 5.02. The minimum Gasteiger partial charge on any atom is -0.489 e. The van der Waals surface area contributed by atoms with Gasteiger partial charge in [-0.1, -0.05) is 46.3 Å². The smallest absolute Gasteiger partial charge is 0.310 e. The van der Waals surface area contributed by atoms with Crippen molar-refractivity contribution in [2.75, 3.05) is 25.1 Å². The number of amides is 3. The van der Waals surface area contributed by atoms with Gasteiger partial charge in [0.1, 0.15) is 18.4 Å². The largest absolute Gasteiger partial charge is 0.489 e. The standard InChI is InChI=1S/C20H20BrN3O4/c1-24-16-11-14(21)7-8-17(16)28-12-15(20(24)27)23-19(26)18(25)22-10-9-13-5-3-2-4-6-13/h2-8,11,15H,9-10,12H2,1H3,(H,22,25)(H,23,26)/t15-/m1/s1. The number of rotatable bonds is 4. The molecule has 2 aromatic rings. The van der Waals surface area contributed by atoms with E-state index in [0.717, 1.165) is 10.0 Å². The summed E-state index contributed by atoms with van der Waals surface area (Å²) in [5.41, 5.74) is 1.64. The van der Waals surface area contributed by atoms with Gasteiger partial charge in [-0.25, -0.2) is 0 Å². The highest BCUT2D eigenvalue weighted by atomic mass is 79.9. The zero-order chi connectivity index (χ0) is 20.1. The molecule has 2 N–H and O–H groups in total. The normalized spacial score (nSPS) is 15.9. The van der Waals surface area contributed by atoms with Crippen molar-refractivity contribution < 1.29 is 19.1 Å². The fourth-order valence-corrected chi connectivity index (χ4v) is 3.19. The third-order valence-electron chi connectivity index (χ3n) is 4.37. The molecule has 3 rings (SSSR count). The highest BCUT2D eigenvalue weighted by Crippen LogP contribution is 2.33. The van der Waals surface area contributed by atoms with Crippen LogP contribution in [0.1, 0.15) is 5.56 Å². The van der Waals surface area contributed by atoms with Crippen molar-refractivity contribution in [3.63, 3.8) is 0 Å². The Labute approximate surface area is 171 Å².